The van der Waals surface area contributed by atoms with E-state index in [0.717, 1.165) is 62.5 Å². The van der Waals surface area contributed by atoms with Crippen LogP contribution in [-0.4, -0.2) is 108 Å². The number of carbonyl (C=O) groups excluding carboxylic acids is 2. The number of ketones is 1. The van der Waals surface area contributed by atoms with Gasteiger partial charge in [-0.2, -0.15) is 0 Å². The number of cyclic esters (lactones) is 1. The fraction of sp³-hybridized carbons (Fsp3) is 0.783. The lowest BCUT2D eigenvalue weighted by Crippen LogP contribution is -2.59. The summed E-state index contributed by atoms with van der Waals surface area (Å²) in [4.78, 5) is 29.1. The highest BCUT2D eigenvalue weighted by atomic mass is 35.5. The summed E-state index contributed by atoms with van der Waals surface area (Å²) in [6.07, 6.45) is 6.66. The van der Waals surface area contributed by atoms with Crippen molar-refractivity contribution in [1.82, 2.24) is 5.32 Å². The van der Waals surface area contributed by atoms with Crippen molar-refractivity contribution in [3.63, 3.8) is 0 Å². The number of fused-ring (bicyclic) bond motifs is 5. The monoisotopic (exact) mass is 829 g/mol. The summed E-state index contributed by atoms with van der Waals surface area (Å²) in [6.45, 7) is 8.15. The fourth-order valence-electron chi connectivity index (χ4n) is 11.8. The fourth-order valence-corrected chi connectivity index (χ4v) is 12.0. The second-order valence-electron chi connectivity index (χ2n) is 18.0. The van der Waals surface area contributed by atoms with E-state index in [4.69, 9.17) is 49.5 Å². The maximum Gasteiger partial charge on any atom is 0.306 e. The summed E-state index contributed by atoms with van der Waals surface area (Å²) in [5.41, 5.74) is 1.90. The molecule has 0 bridgehead atoms. The van der Waals surface area contributed by atoms with E-state index in [1.807, 2.05) is 33.0 Å². The van der Waals surface area contributed by atoms with Crippen LogP contribution < -0.4 is 5.32 Å². The normalized spacial score (nSPS) is 43.6. The van der Waals surface area contributed by atoms with Crippen LogP contribution in [0.15, 0.2) is 35.9 Å². The molecule has 7 rings (SSSR count). The van der Waals surface area contributed by atoms with E-state index in [2.05, 4.69) is 37.4 Å². The average Bonchev–Trinajstić information content (AvgIpc) is 3.79. The van der Waals surface area contributed by atoms with Crippen LogP contribution in [0.25, 0.3) is 0 Å². The second-order valence-corrected chi connectivity index (χ2v) is 18.4. The molecule has 3 heterocycles. The summed E-state index contributed by atoms with van der Waals surface area (Å²) in [5, 5.41) is 4.04. The molecule has 1 aromatic rings. The van der Waals surface area contributed by atoms with Crippen LogP contribution in [0.2, 0.25) is 5.02 Å². The number of ether oxygens (including phenoxy) is 8. The third kappa shape index (κ3) is 9.14. The van der Waals surface area contributed by atoms with Crippen molar-refractivity contribution in [2.75, 3.05) is 28.4 Å². The minimum Gasteiger partial charge on any atom is -0.462 e. The van der Waals surface area contributed by atoms with Crippen LogP contribution >= 0.6 is 11.6 Å². The van der Waals surface area contributed by atoms with Gasteiger partial charge in [-0.3, -0.25) is 9.59 Å². The summed E-state index contributed by atoms with van der Waals surface area (Å²) in [5.74, 6) is -0.141. The Morgan fingerprint density at radius 1 is 0.862 bits per heavy atom. The van der Waals surface area contributed by atoms with E-state index in [-0.39, 0.29) is 103 Å². The predicted molar refractivity (Wildman–Crippen MR) is 219 cm³/mol. The van der Waals surface area contributed by atoms with Crippen molar-refractivity contribution in [3.8, 4) is 0 Å². The van der Waals surface area contributed by atoms with E-state index < -0.39 is 18.3 Å². The quantitative estimate of drug-likeness (QED) is 0.238. The van der Waals surface area contributed by atoms with Crippen molar-refractivity contribution >= 4 is 23.4 Å². The molecule has 0 aromatic heterocycles. The lowest BCUT2D eigenvalue weighted by atomic mass is 9.59. The van der Waals surface area contributed by atoms with Crippen LogP contribution in [0.5, 0.6) is 0 Å². The van der Waals surface area contributed by atoms with Gasteiger partial charge in [0, 0.05) is 44.2 Å². The lowest BCUT2D eigenvalue weighted by molar-refractivity contribution is -0.314. The van der Waals surface area contributed by atoms with E-state index in [9.17, 15) is 4.79 Å². The van der Waals surface area contributed by atoms with E-state index in [0.29, 0.717) is 17.4 Å². The summed E-state index contributed by atoms with van der Waals surface area (Å²) in [6, 6.07) is 8.42. The molecular formula is C46H68ClNO10. The first-order valence-electron chi connectivity index (χ1n) is 22.1. The Bertz CT molecular complexity index is 1590. The van der Waals surface area contributed by atoms with Crippen molar-refractivity contribution in [2.24, 2.45) is 35.5 Å². The molecule has 6 aliphatic rings. The van der Waals surface area contributed by atoms with E-state index >= 15 is 4.79 Å². The number of hydrogen-bond donors (Lipinski definition) is 1. The summed E-state index contributed by atoms with van der Waals surface area (Å²) in [7, 11) is 6.95. The SMILES string of the molecule is CC[C@H]1CCC[C@H](O[C@H]2CC[C@H](NC)C(C)O2)[C@@H](C)C(=O)C2=C[C@@H]3C(C(c4cccc(Cl)c4)C[C@@H]4C[C@@H](O[C@@H]5OC(C)[C@H](OC)C(OC)C5OC)C[C@H]43)[C@@H]2CC(=O)O1. The standard InChI is InChI=1S/C46H68ClNO10/c1-9-30-14-11-15-38(58-40-17-16-37(48-5)25(3)54-40)24(2)42(50)36-22-34-32-21-31(57-46-45(53-8)44(52-7)43(51-6)26(4)55-46)19-28(32)20-33(27-12-10-13-29(47)18-27)41(34)35(36)23-39(49)56-30/h10,12-13,18,22,24-26,28,30-35,37-38,40-41,43-46,48H,9,11,14-17,19-21,23H2,1-8H3/t24-,25?,26?,28+,30+,31-,32-,33?,34+,35-,37+,38+,40+,41?,43+,44?,45?,46+/m1/s1. The maximum atomic E-state index is 15.1. The average molecular weight is 830 g/mol. The third-order valence-electron chi connectivity index (χ3n) is 14.8. The van der Waals surface area contributed by atoms with Gasteiger partial charge in [0.25, 0.3) is 0 Å². The minimum absolute atomic E-state index is 0.00246. The molecule has 1 aromatic carbocycles. The molecule has 3 saturated heterocycles. The zero-order chi connectivity index (χ0) is 41.2. The molecule has 0 amide bonds. The zero-order valence-electron chi connectivity index (χ0n) is 35.8. The molecule has 6 unspecified atom stereocenters. The maximum absolute atomic E-state index is 15.1. The molecule has 2 saturated carbocycles. The molecule has 11 nitrogen and oxygen atoms in total. The number of benzene rings is 1. The van der Waals surface area contributed by atoms with Crippen molar-refractivity contribution in [2.45, 2.75) is 165 Å². The van der Waals surface area contributed by atoms with Crippen LogP contribution in [0, 0.1) is 35.5 Å². The molecular weight excluding hydrogens is 762 g/mol. The Morgan fingerprint density at radius 3 is 2.33 bits per heavy atom. The van der Waals surface area contributed by atoms with E-state index in [1.54, 1.807) is 21.3 Å². The molecule has 58 heavy (non-hydrogen) atoms. The van der Waals surface area contributed by atoms with Crippen molar-refractivity contribution < 1.29 is 47.5 Å². The predicted octanol–water partition coefficient (Wildman–Crippen LogP) is 7.42. The first kappa shape index (κ1) is 44.1. The number of likely N-dealkylation sites (N-methyl/N-ethyl adjacent to an activating group) is 1. The Morgan fingerprint density at radius 2 is 1.64 bits per heavy atom. The first-order valence-corrected chi connectivity index (χ1v) is 22.4. The number of hydrogen-bond acceptors (Lipinski definition) is 11. The Balaban J connectivity index is 1.20. The van der Waals surface area contributed by atoms with Crippen LogP contribution in [-0.2, 0) is 47.5 Å². The largest absolute Gasteiger partial charge is 0.462 e. The van der Waals surface area contributed by atoms with Gasteiger partial charge in [-0.1, -0.05) is 43.7 Å². The number of nitrogens with one attached hydrogen (secondary N) is 1. The molecule has 18 atom stereocenters. The zero-order valence-corrected chi connectivity index (χ0v) is 36.6. The van der Waals surface area contributed by atoms with Gasteiger partial charge in [-0.15, -0.1) is 0 Å². The number of esters is 1. The van der Waals surface area contributed by atoms with Gasteiger partial charge in [0.2, 0.25) is 0 Å². The highest BCUT2D eigenvalue weighted by Crippen LogP contribution is 2.61. The van der Waals surface area contributed by atoms with Crippen molar-refractivity contribution in [3.05, 3.63) is 46.5 Å². The highest BCUT2D eigenvalue weighted by molar-refractivity contribution is 6.30. The molecule has 3 aliphatic carbocycles. The van der Waals surface area contributed by atoms with Gasteiger partial charge < -0.3 is 43.2 Å². The second kappa shape index (κ2) is 19.4. The molecule has 3 aliphatic heterocycles. The Labute approximate surface area is 350 Å². The van der Waals surface area contributed by atoms with Gasteiger partial charge in [0.1, 0.15) is 24.4 Å². The van der Waals surface area contributed by atoms with Gasteiger partial charge in [-0.25, -0.2) is 0 Å². The number of allylic oxidation sites excluding steroid dienone is 2. The van der Waals surface area contributed by atoms with Gasteiger partial charge in [0.05, 0.1) is 30.8 Å². The topological polar surface area (TPSA) is 120 Å². The summed E-state index contributed by atoms with van der Waals surface area (Å²) < 4.78 is 50.2. The van der Waals surface area contributed by atoms with Gasteiger partial charge in [-0.05, 0) is 132 Å². The number of halogens is 1. The molecule has 12 heteroatoms. The van der Waals surface area contributed by atoms with Gasteiger partial charge >= 0.3 is 5.97 Å². The smallest absolute Gasteiger partial charge is 0.306 e. The Hall–Kier alpha value is -1.93. The molecule has 1 N–H and O–H groups in total. The Kier molecular flexibility index (Phi) is 14.8. The molecule has 5 fully saturated rings. The van der Waals surface area contributed by atoms with Crippen LogP contribution in [0.3, 0.4) is 0 Å². The lowest BCUT2D eigenvalue weighted by Gasteiger charge is -2.44. The van der Waals surface area contributed by atoms with Crippen molar-refractivity contribution in [1.29, 1.82) is 0 Å². The summed E-state index contributed by atoms with van der Waals surface area (Å²) >= 11 is 6.68. The van der Waals surface area contributed by atoms with Gasteiger partial charge in [0.15, 0.2) is 18.4 Å². The van der Waals surface area contributed by atoms with Crippen LogP contribution in [0.1, 0.15) is 103 Å². The number of methoxy groups -OCH3 is 3. The van der Waals surface area contributed by atoms with E-state index in [1.165, 1.54) is 0 Å². The highest BCUT2D eigenvalue weighted by Gasteiger charge is 2.57. The molecule has 324 valence electrons. The minimum atomic E-state index is -0.626. The third-order valence-corrected chi connectivity index (χ3v) is 15.0. The molecule has 0 radical (unpaired) electrons. The van der Waals surface area contributed by atoms with Crippen LogP contribution in [0.4, 0.5) is 0 Å². The first-order chi connectivity index (χ1) is 28.0. The molecule has 0 spiro atoms. The number of carbonyl (C=O) groups is 2. The number of rotatable bonds is 10. The number of Topliss-reactive ketones (excluding diaryl/α,β-unsaturated/α-hetero) is 1.